The second-order valence-corrected chi connectivity index (χ2v) is 5.79. The fourth-order valence-corrected chi connectivity index (χ4v) is 2.86. The smallest absolute Gasteiger partial charge is 0.107 e. The van der Waals surface area contributed by atoms with E-state index in [2.05, 4.69) is 27.8 Å². The van der Waals surface area contributed by atoms with E-state index in [0.29, 0.717) is 0 Å². The molecule has 0 saturated heterocycles. The van der Waals surface area contributed by atoms with Gasteiger partial charge < -0.3 is 10.1 Å². The topological polar surface area (TPSA) is 21.3 Å². The lowest BCUT2D eigenvalue weighted by Crippen LogP contribution is -2.18. The monoisotopic (exact) mass is 323 g/mol. The van der Waals surface area contributed by atoms with E-state index in [1.54, 1.807) is 11.3 Å². The summed E-state index contributed by atoms with van der Waals surface area (Å²) in [4.78, 5) is 1.22. The zero-order valence-electron chi connectivity index (χ0n) is 8.97. The first-order valence-electron chi connectivity index (χ1n) is 5.07. The van der Waals surface area contributed by atoms with Gasteiger partial charge in [0.1, 0.15) is 4.34 Å². The molecule has 0 atom stereocenters. The Balaban J connectivity index is 2.05. The highest BCUT2D eigenvalue weighted by Gasteiger charge is 2.03. The molecule has 16 heavy (non-hydrogen) atoms. The van der Waals surface area contributed by atoms with Crippen LogP contribution in [-0.4, -0.2) is 19.8 Å². The number of hydrogen-bond donors (Lipinski definition) is 1. The van der Waals surface area contributed by atoms with Crippen molar-refractivity contribution < 1.29 is 4.74 Å². The largest absolute Gasteiger partial charge is 0.380 e. The standard InChI is InChI=1S/C11H15BrClNOS/c1-2-3-5-15-6-4-14-8-9-7-10(12)11(13)16-9/h2,7,14H,1,3-6,8H2. The van der Waals surface area contributed by atoms with Gasteiger partial charge in [-0.25, -0.2) is 0 Å². The Morgan fingerprint density at radius 3 is 3.00 bits per heavy atom. The van der Waals surface area contributed by atoms with Gasteiger partial charge >= 0.3 is 0 Å². The molecule has 0 radical (unpaired) electrons. The summed E-state index contributed by atoms with van der Waals surface area (Å²) in [5, 5.41) is 3.30. The molecular weight excluding hydrogens is 310 g/mol. The summed E-state index contributed by atoms with van der Waals surface area (Å²) in [5.74, 6) is 0. The van der Waals surface area contributed by atoms with Gasteiger partial charge in [0.2, 0.25) is 0 Å². The molecule has 1 aromatic heterocycles. The third-order valence-corrected chi connectivity index (χ3v) is 4.36. The van der Waals surface area contributed by atoms with Crippen LogP contribution in [0.15, 0.2) is 23.2 Å². The number of nitrogens with one attached hydrogen (secondary N) is 1. The van der Waals surface area contributed by atoms with E-state index in [4.69, 9.17) is 16.3 Å². The molecule has 5 heteroatoms. The molecule has 0 saturated carbocycles. The summed E-state index contributed by atoms with van der Waals surface area (Å²) in [6, 6.07) is 2.04. The van der Waals surface area contributed by atoms with Gasteiger partial charge in [-0.2, -0.15) is 0 Å². The Kier molecular flexibility index (Phi) is 7.32. The summed E-state index contributed by atoms with van der Waals surface area (Å²) in [5.41, 5.74) is 0. The maximum atomic E-state index is 5.94. The highest BCUT2D eigenvalue weighted by atomic mass is 79.9. The molecule has 0 aliphatic carbocycles. The lowest BCUT2D eigenvalue weighted by atomic mass is 10.4. The number of thiophene rings is 1. The van der Waals surface area contributed by atoms with Gasteiger partial charge in [0, 0.05) is 22.4 Å². The minimum atomic E-state index is 0.730. The second-order valence-electron chi connectivity index (χ2n) is 3.20. The molecule has 0 fully saturated rings. The molecule has 1 rings (SSSR count). The normalized spacial score (nSPS) is 10.6. The van der Waals surface area contributed by atoms with E-state index in [0.717, 1.165) is 41.5 Å². The summed E-state index contributed by atoms with van der Waals surface area (Å²) in [7, 11) is 0. The Hall–Kier alpha value is 0.130. The average Bonchev–Trinajstić information content (AvgIpc) is 2.57. The number of ether oxygens (including phenoxy) is 1. The predicted molar refractivity (Wildman–Crippen MR) is 74.4 cm³/mol. The first-order valence-corrected chi connectivity index (χ1v) is 7.06. The molecule has 2 nitrogen and oxygen atoms in total. The maximum Gasteiger partial charge on any atom is 0.107 e. The van der Waals surface area contributed by atoms with Crippen molar-refractivity contribution in [2.24, 2.45) is 0 Å². The van der Waals surface area contributed by atoms with Crippen LogP contribution in [0.4, 0.5) is 0 Å². The molecule has 0 aliphatic heterocycles. The van der Waals surface area contributed by atoms with Gasteiger partial charge in [0.15, 0.2) is 0 Å². The van der Waals surface area contributed by atoms with Gasteiger partial charge in [0.05, 0.1) is 13.2 Å². The zero-order chi connectivity index (χ0) is 11.8. The number of rotatable bonds is 8. The highest BCUT2D eigenvalue weighted by molar-refractivity contribution is 9.10. The second kappa shape index (κ2) is 8.25. The lowest BCUT2D eigenvalue weighted by molar-refractivity contribution is 0.140. The van der Waals surface area contributed by atoms with Crippen molar-refractivity contribution in [3.63, 3.8) is 0 Å². The number of halogens is 2. The van der Waals surface area contributed by atoms with Gasteiger partial charge in [-0.3, -0.25) is 0 Å². The van der Waals surface area contributed by atoms with Crippen LogP contribution in [0, 0.1) is 0 Å². The molecule has 0 aliphatic rings. The lowest BCUT2D eigenvalue weighted by Gasteiger charge is -2.03. The Labute approximate surface area is 114 Å². The average molecular weight is 325 g/mol. The Morgan fingerprint density at radius 1 is 1.56 bits per heavy atom. The van der Waals surface area contributed by atoms with E-state index in [1.165, 1.54) is 4.88 Å². The molecule has 90 valence electrons. The van der Waals surface area contributed by atoms with E-state index < -0.39 is 0 Å². The van der Waals surface area contributed by atoms with Crippen LogP contribution < -0.4 is 5.32 Å². The molecule has 0 spiro atoms. The van der Waals surface area contributed by atoms with E-state index in [9.17, 15) is 0 Å². The van der Waals surface area contributed by atoms with Gasteiger partial charge in [0.25, 0.3) is 0 Å². The fraction of sp³-hybridized carbons (Fsp3) is 0.455. The first-order chi connectivity index (χ1) is 7.74. The van der Waals surface area contributed by atoms with Gasteiger partial charge in [-0.05, 0) is 28.4 Å². The van der Waals surface area contributed by atoms with Gasteiger partial charge in [-0.1, -0.05) is 17.7 Å². The molecule has 0 amide bonds. The fourth-order valence-electron chi connectivity index (χ4n) is 1.10. The first kappa shape index (κ1) is 14.2. The quantitative estimate of drug-likeness (QED) is 0.579. The summed E-state index contributed by atoms with van der Waals surface area (Å²) in [6.45, 7) is 6.80. The van der Waals surface area contributed by atoms with Crippen LogP contribution in [0.25, 0.3) is 0 Å². The van der Waals surface area contributed by atoms with Crippen molar-refractivity contribution >= 4 is 38.9 Å². The van der Waals surface area contributed by atoms with Crippen molar-refractivity contribution in [3.05, 3.63) is 32.4 Å². The van der Waals surface area contributed by atoms with Crippen molar-refractivity contribution in [1.82, 2.24) is 5.32 Å². The molecule has 1 N–H and O–H groups in total. The number of hydrogen-bond acceptors (Lipinski definition) is 3. The summed E-state index contributed by atoms with van der Waals surface area (Å²) >= 11 is 10.9. The van der Waals surface area contributed by atoms with Crippen molar-refractivity contribution in [1.29, 1.82) is 0 Å². The van der Waals surface area contributed by atoms with Crippen molar-refractivity contribution in [2.75, 3.05) is 19.8 Å². The van der Waals surface area contributed by atoms with Crippen molar-refractivity contribution in [2.45, 2.75) is 13.0 Å². The van der Waals surface area contributed by atoms with Crippen LogP contribution in [0.3, 0.4) is 0 Å². The van der Waals surface area contributed by atoms with Crippen LogP contribution in [-0.2, 0) is 11.3 Å². The van der Waals surface area contributed by atoms with E-state index in [-0.39, 0.29) is 0 Å². The summed E-state index contributed by atoms with van der Waals surface area (Å²) < 4.78 is 7.15. The highest BCUT2D eigenvalue weighted by Crippen LogP contribution is 2.31. The molecule has 1 heterocycles. The van der Waals surface area contributed by atoms with Crippen molar-refractivity contribution in [3.8, 4) is 0 Å². The van der Waals surface area contributed by atoms with E-state index >= 15 is 0 Å². The predicted octanol–water partition coefficient (Wildman–Crippen LogP) is 3.85. The SMILES string of the molecule is C=CCCOCCNCc1cc(Br)c(Cl)s1. The molecule has 1 aromatic rings. The van der Waals surface area contributed by atoms with Gasteiger partial charge in [-0.15, -0.1) is 17.9 Å². The minimum absolute atomic E-state index is 0.730. The minimum Gasteiger partial charge on any atom is -0.380 e. The Bertz CT molecular complexity index is 310. The third-order valence-electron chi connectivity index (χ3n) is 1.88. The zero-order valence-corrected chi connectivity index (χ0v) is 12.1. The molecule has 0 bridgehead atoms. The molecule has 0 unspecified atom stereocenters. The summed E-state index contributed by atoms with van der Waals surface area (Å²) in [6.07, 6.45) is 2.77. The Morgan fingerprint density at radius 2 is 2.38 bits per heavy atom. The van der Waals surface area contributed by atoms with E-state index in [1.807, 2.05) is 12.1 Å². The van der Waals surface area contributed by atoms with Crippen LogP contribution in [0.5, 0.6) is 0 Å². The molecule has 0 aromatic carbocycles. The third kappa shape index (κ3) is 5.46. The molecular formula is C11H15BrClNOS. The van der Waals surface area contributed by atoms with Crippen LogP contribution in [0.2, 0.25) is 4.34 Å². The van der Waals surface area contributed by atoms with Crippen LogP contribution in [0.1, 0.15) is 11.3 Å². The van der Waals surface area contributed by atoms with Crippen LogP contribution >= 0.6 is 38.9 Å². The maximum absolute atomic E-state index is 5.94.